The van der Waals surface area contributed by atoms with E-state index >= 15 is 0 Å². The maximum absolute atomic E-state index is 10.0. The SMILES string of the molecule is COC(C)(C)Cn1c(C)cc2c1CCCC2O. The number of fused-ring (bicyclic) bond motifs is 1. The van der Waals surface area contributed by atoms with E-state index in [0.29, 0.717) is 0 Å². The molecule has 0 bridgehead atoms. The fraction of sp³-hybridized carbons (Fsp3) is 0.714. The first-order valence-electron chi connectivity index (χ1n) is 6.37. The summed E-state index contributed by atoms with van der Waals surface area (Å²) >= 11 is 0. The summed E-state index contributed by atoms with van der Waals surface area (Å²) in [6, 6.07) is 2.13. The topological polar surface area (TPSA) is 34.4 Å². The van der Waals surface area contributed by atoms with Gasteiger partial charge in [0.05, 0.1) is 18.2 Å². The van der Waals surface area contributed by atoms with Gasteiger partial charge in [-0.2, -0.15) is 0 Å². The van der Waals surface area contributed by atoms with E-state index in [9.17, 15) is 5.11 Å². The average Bonchev–Trinajstić information content (AvgIpc) is 2.58. The Morgan fingerprint density at radius 1 is 1.53 bits per heavy atom. The second-order valence-corrected chi connectivity index (χ2v) is 5.65. The van der Waals surface area contributed by atoms with Crippen molar-refractivity contribution in [3.8, 4) is 0 Å². The van der Waals surface area contributed by atoms with Crippen LogP contribution in [0.2, 0.25) is 0 Å². The van der Waals surface area contributed by atoms with Crippen molar-refractivity contribution in [2.24, 2.45) is 0 Å². The molecule has 3 nitrogen and oxygen atoms in total. The van der Waals surface area contributed by atoms with E-state index < -0.39 is 0 Å². The fourth-order valence-corrected chi connectivity index (χ4v) is 2.61. The van der Waals surface area contributed by atoms with Crippen LogP contribution in [0.25, 0.3) is 0 Å². The molecular weight excluding hydrogens is 214 g/mol. The molecule has 1 aromatic rings. The molecular formula is C14H23NO2. The van der Waals surface area contributed by atoms with Gasteiger partial charge in [0, 0.05) is 24.1 Å². The molecule has 0 saturated heterocycles. The molecule has 17 heavy (non-hydrogen) atoms. The average molecular weight is 237 g/mol. The smallest absolute Gasteiger partial charge is 0.0807 e. The molecule has 2 rings (SSSR count). The molecule has 0 spiro atoms. The summed E-state index contributed by atoms with van der Waals surface area (Å²) in [6.45, 7) is 7.14. The van der Waals surface area contributed by atoms with Crippen LogP contribution in [-0.4, -0.2) is 22.4 Å². The van der Waals surface area contributed by atoms with Crippen LogP contribution in [0.4, 0.5) is 0 Å². The van der Waals surface area contributed by atoms with Crippen molar-refractivity contribution in [1.29, 1.82) is 0 Å². The number of aliphatic hydroxyl groups excluding tert-OH is 1. The molecule has 1 heterocycles. The fourth-order valence-electron chi connectivity index (χ4n) is 2.61. The number of nitrogens with zero attached hydrogens (tertiary/aromatic N) is 1. The first-order chi connectivity index (χ1) is 7.94. The van der Waals surface area contributed by atoms with Gasteiger partial charge >= 0.3 is 0 Å². The zero-order valence-corrected chi connectivity index (χ0v) is 11.3. The van der Waals surface area contributed by atoms with Crippen LogP contribution >= 0.6 is 0 Å². The lowest BCUT2D eigenvalue weighted by atomic mass is 9.95. The molecule has 96 valence electrons. The summed E-state index contributed by atoms with van der Waals surface area (Å²) in [6.07, 6.45) is 2.76. The minimum absolute atomic E-state index is 0.167. The van der Waals surface area contributed by atoms with Gasteiger partial charge in [-0.1, -0.05) is 0 Å². The van der Waals surface area contributed by atoms with Gasteiger partial charge in [-0.05, 0) is 46.1 Å². The van der Waals surface area contributed by atoms with Crippen LogP contribution in [0.1, 0.15) is 49.7 Å². The van der Waals surface area contributed by atoms with Gasteiger partial charge in [0.2, 0.25) is 0 Å². The summed E-state index contributed by atoms with van der Waals surface area (Å²) in [5.74, 6) is 0. The number of rotatable bonds is 3. The molecule has 1 N–H and O–H groups in total. The Labute approximate surface area is 103 Å². The number of methoxy groups -OCH3 is 1. The number of ether oxygens (including phenoxy) is 1. The summed E-state index contributed by atoms with van der Waals surface area (Å²) < 4.78 is 7.81. The lowest BCUT2D eigenvalue weighted by Crippen LogP contribution is -2.30. The Balaban J connectivity index is 2.35. The van der Waals surface area contributed by atoms with E-state index in [4.69, 9.17) is 4.74 Å². The van der Waals surface area contributed by atoms with E-state index in [-0.39, 0.29) is 11.7 Å². The summed E-state index contributed by atoms with van der Waals surface area (Å²) in [5.41, 5.74) is 3.48. The number of hydrogen-bond donors (Lipinski definition) is 1. The van der Waals surface area contributed by atoms with Crippen molar-refractivity contribution >= 4 is 0 Å². The monoisotopic (exact) mass is 237 g/mol. The quantitative estimate of drug-likeness (QED) is 0.877. The minimum Gasteiger partial charge on any atom is -0.388 e. The normalized spacial score (nSPS) is 20.4. The second-order valence-electron chi connectivity index (χ2n) is 5.65. The Morgan fingerprint density at radius 3 is 2.88 bits per heavy atom. The summed E-state index contributed by atoms with van der Waals surface area (Å²) in [7, 11) is 1.75. The molecule has 1 aromatic heterocycles. The molecule has 1 aliphatic carbocycles. The Kier molecular flexibility index (Phi) is 3.32. The van der Waals surface area contributed by atoms with Gasteiger partial charge in [-0.15, -0.1) is 0 Å². The highest BCUT2D eigenvalue weighted by Gasteiger charge is 2.26. The van der Waals surface area contributed by atoms with Gasteiger partial charge in [0.25, 0.3) is 0 Å². The van der Waals surface area contributed by atoms with E-state index in [1.54, 1.807) is 7.11 Å². The number of hydrogen-bond acceptors (Lipinski definition) is 2. The van der Waals surface area contributed by atoms with Crippen LogP contribution in [-0.2, 0) is 17.7 Å². The molecule has 3 heteroatoms. The molecule has 0 aromatic carbocycles. The van der Waals surface area contributed by atoms with Gasteiger partial charge < -0.3 is 14.4 Å². The van der Waals surface area contributed by atoms with Crippen molar-refractivity contribution in [3.63, 3.8) is 0 Å². The van der Waals surface area contributed by atoms with Gasteiger partial charge in [0.1, 0.15) is 0 Å². The molecule has 0 aliphatic heterocycles. The lowest BCUT2D eigenvalue weighted by Gasteiger charge is -2.27. The van der Waals surface area contributed by atoms with Crippen molar-refractivity contribution in [2.75, 3.05) is 7.11 Å². The molecule has 1 unspecified atom stereocenters. The lowest BCUT2D eigenvalue weighted by molar-refractivity contribution is 0.00695. The molecule has 1 atom stereocenters. The molecule has 0 fully saturated rings. The Morgan fingerprint density at radius 2 is 2.24 bits per heavy atom. The van der Waals surface area contributed by atoms with E-state index in [0.717, 1.165) is 31.4 Å². The highest BCUT2D eigenvalue weighted by Crippen LogP contribution is 2.33. The molecule has 1 aliphatic rings. The standard InChI is InChI=1S/C14H23NO2/c1-10-8-11-12(6-5-7-13(11)16)15(10)9-14(2,3)17-4/h8,13,16H,5-7,9H2,1-4H3. The van der Waals surface area contributed by atoms with E-state index in [1.165, 1.54) is 11.4 Å². The highest BCUT2D eigenvalue weighted by atomic mass is 16.5. The maximum Gasteiger partial charge on any atom is 0.0807 e. The van der Waals surface area contributed by atoms with Crippen molar-refractivity contribution in [2.45, 2.75) is 58.3 Å². The number of aromatic nitrogens is 1. The van der Waals surface area contributed by atoms with Crippen molar-refractivity contribution in [3.05, 3.63) is 23.0 Å². The minimum atomic E-state index is -0.274. The Hall–Kier alpha value is -0.800. The van der Waals surface area contributed by atoms with Crippen molar-refractivity contribution < 1.29 is 9.84 Å². The van der Waals surface area contributed by atoms with Crippen LogP contribution in [0.15, 0.2) is 6.07 Å². The predicted octanol–water partition coefficient (Wildman–Crippen LogP) is 2.59. The maximum atomic E-state index is 10.0. The molecule has 0 radical (unpaired) electrons. The molecule has 0 saturated carbocycles. The van der Waals surface area contributed by atoms with Crippen molar-refractivity contribution in [1.82, 2.24) is 4.57 Å². The Bertz CT molecular complexity index is 407. The van der Waals surface area contributed by atoms with Gasteiger partial charge in [-0.25, -0.2) is 0 Å². The first-order valence-corrected chi connectivity index (χ1v) is 6.37. The zero-order chi connectivity index (χ0) is 12.6. The zero-order valence-electron chi connectivity index (χ0n) is 11.3. The third kappa shape index (κ3) is 2.40. The third-order valence-corrected chi connectivity index (χ3v) is 3.79. The molecule has 0 amide bonds. The van der Waals surface area contributed by atoms with E-state index in [1.807, 2.05) is 0 Å². The first kappa shape index (κ1) is 12.7. The van der Waals surface area contributed by atoms with Crippen LogP contribution in [0.3, 0.4) is 0 Å². The second kappa shape index (κ2) is 4.46. The van der Waals surface area contributed by atoms with Crippen LogP contribution in [0.5, 0.6) is 0 Å². The third-order valence-electron chi connectivity index (χ3n) is 3.79. The van der Waals surface area contributed by atoms with Crippen LogP contribution < -0.4 is 0 Å². The van der Waals surface area contributed by atoms with Gasteiger partial charge in [0.15, 0.2) is 0 Å². The number of aliphatic hydroxyl groups is 1. The highest BCUT2D eigenvalue weighted by molar-refractivity contribution is 5.32. The summed E-state index contributed by atoms with van der Waals surface area (Å²) in [5, 5.41) is 10.0. The largest absolute Gasteiger partial charge is 0.388 e. The van der Waals surface area contributed by atoms with Gasteiger partial charge in [-0.3, -0.25) is 0 Å². The van der Waals surface area contributed by atoms with Crippen LogP contribution in [0, 0.1) is 6.92 Å². The predicted molar refractivity (Wildman–Crippen MR) is 68.2 cm³/mol. The summed E-state index contributed by atoms with van der Waals surface area (Å²) in [4.78, 5) is 0. The van der Waals surface area contributed by atoms with E-state index in [2.05, 4.69) is 31.4 Å². The number of aryl methyl sites for hydroxylation is 1.